The molecule has 2 aromatic heterocycles. The summed E-state index contributed by atoms with van der Waals surface area (Å²) in [7, 11) is 0. The molecule has 0 radical (unpaired) electrons. The highest BCUT2D eigenvalue weighted by Crippen LogP contribution is 2.28. The fourth-order valence-electron chi connectivity index (χ4n) is 1.70. The van der Waals surface area contributed by atoms with Crippen LogP contribution in [0.1, 0.15) is 34.9 Å². The third kappa shape index (κ3) is 2.72. The first-order valence-electron chi connectivity index (χ1n) is 6.22. The zero-order valence-corrected chi connectivity index (χ0v) is 11.7. The van der Waals surface area contributed by atoms with E-state index in [-0.39, 0.29) is 17.8 Å². The van der Waals surface area contributed by atoms with Crippen LogP contribution in [0, 0.1) is 6.92 Å². The van der Waals surface area contributed by atoms with Crippen LogP contribution in [0.5, 0.6) is 0 Å². The standard InChI is InChI=1S/C11H14N6O2S/c1-5-14-7(16-19-5)4-13-11-8(9(12)17-20-11)10(18)15-6-2-3-6/h6,13H,2-4H2,1H3,(H2,12,17)(H,15,18). The molecule has 0 aromatic carbocycles. The highest BCUT2D eigenvalue weighted by molar-refractivity contribution is 7.11. The van der Waals surface area contributed by atoms with Gasteiger partial charge in [-0.05, 0) is 24.4 Å². The van der Waals surface area contributed by atoms with Gasteiger partial charge in [0.15, 0.2) is 11.6 Å². The number of hydrogen-bond acceptors (Lipinski definition) is 8. The van der Waals surface area contributed by atoms with Crippen molar-refractivity contribution in [1.82, 2.24) is 19.8 Å². The SMILES string of the molecule is Cc1nc(CNc2snc(N)c2C(=O)NC2CC2)no1. The van der Waals surface area contributed by atoms with Gasteiger partial charge in [0.1, 0.15) is 10.6 Å². The molecule has 20 heavy (non-hydrogen) atoms. The van der Waals surface area contributed by atoms with E-state index in [1.165, 1.54) is 0 Å². The van der Waals surface area contributed by atoms with Gasteiger partial charge >= 0.3 is 0 Å². The van der Waals surface area contributed by atoms with Gasteiger partial charge in [-0.2, -0.15) is 9.36 Å². The van der Waals surface area contributed by atoms with E-state index in [0.717, 1.165) is 24.4 Å². The van der Waals surface area contributed by atoms with Gasteiger partial charge in [0.25, 0.3) is 5.91 Å². The lowest BCUT2D eigenvalue weighted by atomic mass is 10.3. The highest BCUT2D eigenvalue weighted by Gasteiger charge is 2.27. The molecule has 4 N–H and O–H groups in total. The predicted molar refractivity (Wildman–Crippen MR) is 73.4 cm³/mol. The number of rotatable bonds is 5. The molecule has 0 bridgehead atoms. The molecule has 3 rings (SSSR count). The van der Waals surface area contributed by atoms with Crippen molar-refractivity contribution in [3.63, 3.8) is 0 Å². The van der Waals surface area contributed by atoms with Crippen LogP contribution in [0.25, 0.3) is 0 Å². The van der Waals surface area contributed by atoms with Gasteiger partial charge in [0, 0.05) is 13.0 Å². The van der Waals surface area contributed by atoms with E-state index >= 15 is 0 Å². The van der Waals surface area contributed by atoms with E-state index in [9.17, 15) is 4.79 Å². The first-order valence-corrected chi connectivity index (χ1v) is 7.00. The van der Waals surface area contributed by atoms with E-state index in [0.29, 0.717) is 28.8 Å². The van der Waals surface area contributed by atoms with Gasteiger partial charge in [-0.25, -0.2) is 0 Å². The number of nitrogens with two attached hydrogens (primary N) is 1. The Kier molecular flexibility index (Phi) is 3.26. The lowest BCUT2D eigenvalue weighted by molar-refractivity contribution is 0.0953. The average Bonchev–Trinajstić information content (AvgIpc) is 2.99. The van der Waals surface area contributed by atoms with E-state index in [1.54, 1.807) is 6.92 Å². The zero-order chi connectivity index (χ0) is 14.1. The van der Waals surface area contributed by atoms with Crippen LogP contribution in [-0.2, 0) is 6.54 Å². The molecule has 1 amide bonds. The number of hydrogen-bond donors (Lipinski definition) is 3. The topological polar surface area (TPSA) is 119 Å². The number of nitrogens with one attached hydrogen (secondary N) is 2. The van der Waals surface area contributed by atoms with Crippen molar-refractivity contribution in [2.45, 2.75) is 32.4 Å². The maximum absolute atomic E-state index is 12.1. The minimum Gasteiger partial charge on any atom is -0.382 e. The summed E-state index contributed by atoms with van der Waals surface area (Å²) >= 11 is 1.14. The number of carbonyl (C=O) groups is 1. The minimum absolute atomic E-state index is 0.189. The Balaban J connectivity index is 1.70. The van der Waals surface area contributed by atoms with Gasteiger partial charge in [0.05, 0.1) is 6.54 Å². The fourth-order valence-corrected chi connectivity index (χ4v) is 2.41. The van der Waals surface area contributed by atoms with Crippen molar-refractivity contribution < 1.29 is 9.32 Å². The largest absolute Gasteiger partial charge is 0.382 e. The van der Waals surface area contributed by atoms with E-state index < -0.39 is 0 Å². The molecule has 2 aromatic rings. The number of nitrogen functional groups attached to an aromatic ring is 1. The molecule has 1 aliphatic rings. The van der Waals surface area contributed by atoms with Crippen LogP contribution in [0.2, 0.25) is 0 Å². The normalized spacial score (nSPS) is 14.2. The Hall–Kier alpha value is -2.16. The van der Waals surface area contributed by atoms with Gasteiger partial charge in [-0.3, -0.25) is 4.79 Å². The van der Waals surface area contributed by atoms with Gasteiger partial charge in [-0.1, -0.05) is 5.16 Å². The number of carbonyl (C=O) groups excluding carboxylic acids is 1. The Morgan fingerprint density at radius 3 is 3.00 bits per heavy atom. The number of aryl methyl sites for hydroxylation is 1. The van der Waals surface area contributed by atoms with Crippen molar-refractivity contribution in [1.29, 1.82) is 0 Å². The maximum atomic E-state index is 12.1. The second-order valence-corrected chi connectivity index (χ2v) is 5.38. The third-order valence-electron chi connectivity index (χ3n) is 2.83. The lowest BCUT2D eigenvalue weighted by Crippen LogP contribution is -2.26. The molecular weight excluding hydrogens is 280 g/mol. The summed E-state index contributed by atoms with van der Waals surface area (Å²) in [6, 6.07) is 0.273. The number of anilines is 2. The summed E-state index contributed by atoms with van der Waals surface area (Å²) in [5.41, 5.74) is 6.15. The van der Waals surface area contributed by atoms with Crippen LogP contribution >= 0.6 is 11.5 Å². The summed E-state index contributed by atoms with van der Waals surface area (Å²) in [5, 5.41) is 10.4. The second-order valence-electron chi connectivity index (χ2n) is 4.60. The fraction of sp³-hybridized carbons (Fsp3) is 0.455. The monoisotopic (exact) mass is 294 g/mol. The summed E-state index contributed by atoms with van der Waals surface area (Å²) in [4.78, 5) is 16.2. The van der Waals surface area contributed by atoms with Crippen LogP contribution in [-0.4, -0.2) is 26.5 Å². The van der Waals surface area contributed by atoms with Crippen molar-refractivity contribution >= 4 is 28.3 Å². The molecule has 0 unspecified atom stereocenters. The molecule has 2 heterocycles. The molecule has 0 aliphatic heterocycles. The van der Waals surface area contributed by atoms with E-state index in [4.69, 9.17) is 10.3 Å². The van der Waals surface area contributed by atoms with Gasteiger partial charge in [0.2, 0.25) is 5.89 Å². The molecule has 9 heteroatoms. The van der Waals surface area contributed by atoms with Gasteiger partial charge < -0.3 is 20.9 Å². The molecule has 0 saturated heterocycles. The summed E-state index contributed by atoms with van der Waals surface area (Å²) in [5.74, 6) is 1.06. The van der Waals surface area contributed by atoms with Crippen molar-refractivity contribution in [3.8, 4) is 0 Å². The van der Waals surface area contributed by atoms with Crippen LogP contribution in [0.3, 0.4) is 0 Å². The second kappa shape index (κ2) is 5.08. The summed E-state index contributed by atoms with van der Waals surface area (Å²) in [6.45, 7) is 2.07. The summed E-state index contributed by atoms with van der Waals surface area (Å²) < 4.78 is 8.89. The summed E-state index contributed by atoms with van der Waals surface area (Å²) in [6.07, 6.45) is 2.04. The first-order chi connectivity index (χ1) is 9.63. The maximum Gasteiger partial charge on any atom is 0.258 e. The smallest absolute Gasteiger partial charge is 0.258 e. The van der Waals surface area contributed by atoms with Crippen molar-refractivity contribution in [2.75, 3.05) is 11.1 Å². The molecule has 1 saturated carbocycles. The molecule has 1 aliphatic carbocycles. The predicted octanol–water partition coefficient (Wildman–Crippen LogP) is 0.921. The molecule has 0 atom stereocenters. The quantitative estimate of drug-likeness (QED) is 0.750. The zero-order valence-electron chi connectivity index (χ0n) is 10.8. The number of nitrogens with zero attached hydrogens (tertiary/aromatic N) is 3. The molecule has 106 valence electrons. The van der Waals surface area contributed by atoms with Crippen LogP contribution in [0.4, 0.5) is 10.8 Å². The van der Waals surface area contributed by atoms with E-state index in [2.05, 4.69) is 25.1 Å². The van der Waals surface area contributed by atoms with Crippen LogP contribution < -0.4 is 16.4 Å². The average molecular weight is 294 g/mol. The van der Waals surface area contributed by atoms with Crippen LogP contribution in [0.15, 0.2) is 4.52 Å². The Morgan fingerprint density at radius 1 is 1.55 bits per heavy atom. The highest BCUT2D eigenvalue weighted by atomic mass is 32.1. The van der Waals surface area contributed by atoms with Gasteiger partial charge in [-0.15, -0.1) is 0 Å². The molecule has 0 spiro atoms. The van der Waals surface area contributed by atoms with E-state index in [1.807, 2.05) is 0 Å². The minimum atomic E-state index is -0.189. The molecule has 8 nitrogen and oxygen atoms in total. The Morgan fingerprint density at radius 2 is 2.35 bits per heavy atom. The van der Waals surface area contributed by atoms with Crippen molar-refractivity contribution in [2.24, 2.45) is 0 Å². The lowest BCUT2D eigenvalue weighted by Gasteiger charge is -2.05. The first kappa shape index (κ1) is 12.9. The number of amides is 1. The number of aromatic nitrogens is 3. The molecular formula is C11H14N6O2S. The third-order valence-corrected chi connectivity index (χ3v) is 3.65. The van der Waals surface area contributed by atoms with Crippen molar-refractivity contribution in [3.05, 3.63) is 17.3 Å². The Bertz CT molecular complexity index is 633. The molecule has 1 fully saturated rings. The Labute approximate surface area is 118 Å².